The van der Waals surface area contributed by atoms with Gasteiger partial charge in [0.25, 0.3) is 0 Å². The predicted octanol–water partition coefficient (Wildman–Crippen LogP) is 3.37. The molecular weight excluding hydrogens is 421 g/mol. The number of aryl methyl sites for hydroxylation is 1. The van der Waals surface area contributed by atoms with E-state index in [1.807, 2.05) is 19.3 Å². The maximum Gasteiger partial charge on any atom is 0.421 e. The van der Waals surface area contributed by atoms with Crippen LogP contribution in [0, 0.1) is 0 Å². The molecule has 0 bridgehead atoms. The third-order valence-corrected chi connectivity index (χ3v) is 5.70. The van der Waals surface area contributed by atoms with E-state index >= 15 is 0 Å². The molecule has 0 spiro atoms. The number of aliphatic hydroxyl groups is 1. The van der Waals surface area contributed by atoms with Crippen molar-refractivity contribution in [3.8, 4) is 11.3 Å². The summed E-state index contributed by atoms with van der Waals surface area (Å²) in [5, 5.41) is 18.8. The molecular formula is C22H19F3N6O. The van der Waals surface area contributed by atoms with Crippen LogP contribution in [0.25, 0.3) is 22.5 Å². The largest absolute Gasteiger partial charge is 0.421 e. The molecule has 1 unspecified atom stereocenters. The summed E-state index contributed by atoms with van der Waals surface area (Å²) in [6.45, 7) is 0.788. The number of hydrogen-bond acceptors (Lipinski definition) is 5. The summed E-state index contributed by atoms with van der Waals surface area (Å²) >= 11 is 0. The van der Waals surface area contributed by atoms with Crippen LogP contribution >= 0.6 is 0 Å². The first kappa shape index (κ1) is 20.4. The lowest BCUT2D eigenvalue weighted by atomic mass is 9.89. The fourth-order valence-electron chi connectivity index (χ4n) is 3.99. The van der Waals surface area contributed by atoms with Crippen LogP contribution in [0.4, 0.5) is 13.2 Å². The molecule has 1 aromatic carbocycles. The molecule has 32 heavy (non-hydrogen) atoms. The zero-order chi connectivity index (χ0) is 22.7. The van der Waals surface area contributed by atoms with Gasteiger partial charge >= 0.3 is 6.18 Å². The second-order valence-electron chi connectivity index (χ2n) is 8.03. The smallest absolute Gasteiger partial charge is 0.376 e. The summed E-state index contributed by atoms with van der Waals surface area (Å²) in [6.07, 6.45) is 4.34. The number of rotatable bonds is 4. The van der Waals surface area contributed by atoms with Crippen LogP contribution in [-0.4, -0.2) is 46.2 Å². The van der Waals surface area contributed by atoms with Gasteiger partial charge in [0.2, 0.25) is 0 Å². The van der Waals surface area contributed by atoms with Crippen LogP contribution in [0.5, 0.6) is 0 Å². The van der Waals surface area contributed by atoms with E-state index in [9.17, 15) is 18.3 Å². The predicted molar refractivity (Wildman–Crippen MR) is 111 cm³/mol. The SMILES string of the molecule is Cn1cc(-c2nccn3nc(Cc4ccc5c(c4)CC=C5C(C)(O)C(F)(F)F)nc23)cn1. The first-order valence-corrected chi connectivity index (χ1v) is 9.94. The van der Waals surface area contributed by atoms with Crippen molar-refractivity contribution in [2.45, 2.75) is 31.5 Å². The average molecular weight is 440 g/mol. The molecule has 4 aromatic rings. The average Bonchev–Trinajstić information content (AvgIpc) is 3.44. The maximum absolute atomic E-state index is 13.3. The van der Waals surface area contributed by atoms with Gasteiger partial charge in [-0.25, -0.2) is 9.50 Å². The van der Waals surface area contributed by atoms with E-state index in [0.717, 1.165) is 23.6 Å². The number of benzene rings is 1. The monoisotopic (exact) mass is 440 g/mol. The van der Waals surface area contributed by atoms with E-state index in [0.29, 0.717) is 35.6 Å². The van der Waals surface area contributed by atoms with Gasteiger partial charge in [-0.05, 0) is 35.6 Å². The Kier molecular flexibility index (Phi) is 4.45. The number of allylic oxidation sites excluding steroid dienone is 1. The van der Waals surface area contributed by atoms with Gasteiger partial charge in [-0.1, -0.05) is 24.3 Å². The molecule has 164 valence electrons. The van der Waals surface area contributed by atoms with E-state index in [1.54, 1.807) is 39.9 Å². The van der Waals surface area contributed by atoms with Crippen molar-refractivity contribution < 1.29 is 18.3 Å². The van der Waals surface area contributed by atoms with Gasteiger partial charge in [0, 0.05) is 37.6 Å². The molecule has 10 heteroatoms. The van der Waals surface area contributed by atoms with Crippen molar-refractivity contribution in [3.05, 3.63) is 71.6 Å². The lowest BCUT2D eigenvalue weighted by molar-refractivity contribution is -0.227. The molecule has 1 aliphatic carbocycles. The van der Waals surface area contributed by atoms with Crippen molar-refractivity contribution >= 4 is 11.2 Å². The fraction of sp³-hybridized carbons (Fsp3) is 0.273. The Labute approximate surface area is 180 Å². The van der Waals surface area contributed by atoms with Gasteiger partial charge in [-0.15, -0.1) is 0 Å². The minimum absolute atomic E-state index is 0.107. The lowest BCUT2D eigenvalue weighted by Crippen LogP contribution is -2.42. The molecule has 1 aliphatic rings. The molecule has 1 atom stereocenters. The highest BCUT2D eigenvalue weighted by Crippen LogP contribution is 2.44. The minimum Gasteiger partial charge on any atom is -0.376 e. The van der Waals surface area contributed by atoms with Crippen LogP contribution in [0.2, 0.25) is 0 Å². The molecule has 3 aromatic heterocycles. The van der Waals surface area contributed by atoms with E-state index in [1.165, 1.54) is 6.08 Å². The standard InChI is InChI=1S/C22H19F3N6O/c1-21(32,22(23,24)25)17-6-4-14-9-13(3-5-16(14)17)10-18-28-20-19(15-11-27-30(2)12-15)26-7-8-31(20)29-18/h3,5-9,11-12,32H,4,10H2,1-2H3. The molecule has 0 saturated heterocycles. The molecule has 0 aliphatic heterocycles. The molecule has 0 amide bonds. The number of aromatic nitrogens is 6. The quantitative estimate of drug-likeness (QED) is 0.526. The first-order chi connectivity index (χ1) is 15.1. The topological polar surface area (TPSA) is 81.1 Å². The Bertz CT molecular complexity index is 1370. The molecule has 0 radical (unpaired) electrons. The Morgan fingerprint density at radius 2 is 2.03 bits per heavy atom. The van der Waals surface area contributed by atoms with Crippen LogP contribution in [0.1, 0.15) is 29.4 Å². The van der Waals surface area contributed by atoms with Crippen LogP contribution in [0.15, 0.2) is 49.1 Å². The second-order valence-corrected chi connectivity index (χ2v) is 8.03. The summed E-state index contributed by atoms with van der Waals surface area (Å²) in [4.78, 5) is 9.03. The zero-order valence-corrected chi connectivity index (χ0v) is 17.3. The summed E-state index contributed by atoms with van der Waals surface area (Å²) in [6, 6.07) is 5.22. The van der Waals surface area contributed by atoms with Crippen molar-refractivity contribution in [1.82, 2.24) is 29.4 Å². The van der Waals surface area contributed by atoms with Gasteiger partial charge in [0.05, 0.1) is 6.20 Å². The van der Waals surface area contributed by atoms with Crippen LogP contribution in [-0.2, 0) is 19.9 Å². The number of nitrogens with zero attached hydrogens (tertiary/aromatic N) is 6. The Hall–Kier alpha value is -3.53. The van der Waals surface area contributed by atoms with Gasteiger partial charge in [-0.3, -0.25) is 9.67 Å². The highest BCUT2D eigenvalue weighted by molar-refractivity contribution is 5.79. The van der Waals surface area contributed by atoms with E-state index in [-0.39, 0.29) is 5.57 Å². The highest BCUT2D eigenvalue weighted by atomic mass is 19.4. The summed E-state index contributed by atoms with van der Waals surface area (Å²) in [5.74, 6) is 0.566. The fourth-order valence-corrected chi connectivity index (χ4v) is 3.99. The van der Waals surface area contributed by atoms with E-state index in [2.05, 4.69) is 20.2 Å². The van der Waals surface area contributed by atoms with E-state index in [4.69, 9.17) is 0 Å². The molecule has 1 N–H and O–H groups in total. The Balaban J connectivity index is 1.44. The van der Waals surface area contributed by atoms with Crippen molar-refractivity contribution in [2.75, 3.05) is 0 Å². The minimum atomic E-state index is -4.75. The number of alkyl halides is 3. The van der Waals surface area contributed by atoms with Crippen molar-refractivity contribution in [2.24, 2.45) is 7.05 Å². The normalized spacial score (nSPS) is 15.6. The van der Waals surface area contributed by atoms with Gasteiger partial charge in [-0.2, -0.15) is 23.4 Å². The Morgan fingerprint density at radius 3 is 2.75 bits per heavy atom. The first-order valence-electron chi connectivity index (χ1n) is 9.94. The third-order valence-electron chi connectivity index (χ3n) is 5.70. The third kappa shape index (κ3) is 3.27. The van der Waals surface area contributed by atoms with Gasteiger partial charge < -0.3 is 5.11 Å². The van der Waals surface area contributed by atoms with Crippen molar-refractivity contribution in [1.29, 1.82) is 0 Å². The highest BCUT2D eigenvalue weighted by Gasteiger charge is 2.53. The zero-order valence-electron chi connectivity index (χ0n) is 17.3. The summed E-state index contributed by atoms with van der Waals surface area (Å²) in [7, 11) is 1.82. The van der Waals surface area contributed by atoms with Gasteiger partial charge in [0.15, 0.2) is 17.1 Å². The van der Waals surface area contributed by atoms with E-state index < -0.39 is 11.8 Å². The molecule has 7 nitrogen and oxygen atoms in total. The number of fused-ring (bicyclic) bond motifs is 2. The maximum atomic E-state index is 13.3. The second kappa shape index (κ2) is 6.99. The molecule has 3 heterocycles. The summed E-state index contributed by atoms with van der Waals surface area (Å²) < 4.78 is 43.2. The molecule has 5 rings (SSSR count). The van der Waals surface area contributed by atoms with Crippen molar-refractivity contribution in [3.63, 3.8) is 0 Å². The number of halogens is 3. The molecule has 0 saturated carbocycles. The van der Waals surface area contributed by atoms with Gasteiger partial charge in [0.1, 0.15) is 5.69 Å². The lowest BCUT2D eigenvalue weighted by Gasteiger charge is -2.28. The van der Waals surface area contributed by atoms with Crippen LogP contribution in [0.3, 0.4) is 0 Å². The van der Waals surface area contributed by atoms with Crippen LogP contribution < -0.4 is 0 Å². The Morgan fingerprint density at radius 1 is 1.22 bits per heavy atom. The number of hydrogen-bond donors (Lipinski definition) is 1. The molecule has 0 fully saturated rings. The summed E-state index contributed by atoms with van der Waals surface area (Å²) in [5.41, 5.74) is 1.12.